The minimum atomic E-state index is -0.472. The number of piperidine rings is 1. The molecule has 0 saturated carbocycles. The molecule has 1 aliphatic rings. The molecule has 4 nitrogen and oxygen atoms in total. The van der Waals surface area contributed by atoms with Crippen LogP contribution in [0.4, 0.5) is 10.1 Å². The van der Waals surface area contributed by atoms with E-state index >= 15 is 0 Å². The highest BCUT2D eigenvalue weighted by Crippen LogP contribution is 2.21. The molecule has 2 rings (SSSR count). The highest BCUT2D eigenvalue weighted by molar-refractivity contribution is 5.95. The first-order valence-corrected chi connectivity index (χ1v) is 6.91. The molecule has 1 heterocycles. The number of benzene rings is 1. The molecule has 1 unspecified atom stereocenters. The van der Waals surface area contributed by atoms with Crippen molar-refractivity contribution < 1.29 is 9.18 Å². The molecule has 0 radical (unpaired) electrons. The second kappa shape index (κ2) is 5.79. The van der Waals surface area contributed by atoms with Gasteiger partial charge in [0.25, 0.3) is 5.91 Å². The van der Waals surface area contributed by atoms with E-state index in [1.165, 1.54) is 6.07 Å². The number of rotatable bonds is 2. The Bertz CT molecular complexity index is 518. The van der Waals surface area contributed by atoms with Crippen LogP contribution in [0.3, 0.4) is 0 Å². The van der Waals surface area contributed by atoms with Gasteiger partial charge in [-0.3, -0.25) is 4.79 Å². The maximum Gasteiger partial charge on any atom is 0.256 e. The normalized spacial score (nSPS) is 19.9. The van der Waals surface area contributed by atoms with Crippen LogP contribution in [0.2, 0.25) is 0 Å². The lowest BCUT2D eigenvalue weighted by Gasteiger charge is -2.36. The van der Waals surface area contributed by atoms with Gasteiger partial charge in [0, 0.05) is 25.3 Å². The zero-order valence-electron chi connectivity index (χ0n) is 12.3. The summed E-state index contributed by atoms with van der Waals surface area (Å²) in [6.07, 6.45) is 2.01. The van der Waals surface area contributed by atoms with Crippen LogP contribution in [0.5, 0.6) is 0 Å². The van der Waals surface area contributed by atoms with Gasteiger partial charge < -0.3 is 15.5 Å². The van der Waals surface area contributed by atoms with Gasteiger partial charge in [0.2, 0.25) is 0 Å². The molecule has 1 aliphatic heterocycles. The maximum atomic E-state index is 14.1. The number of hydrogen-bond acceptors (Lipinski definition) is 3. The fraction of sp³-hybridized carbons (Fsp3) is 0.533. The van der Waals surface area contributed by atoms with Crippen LogP contribution >= 0.6 is 0 Å². The zero-order valence-corrected chi connectivity index (χ0v) is 12.3. The second-order valence-electron chi connectivity index (χ2n) is 5.67. The van der Waals surface area contributed by atoms with Crippen molar-refractivity contribution >= 4 is 11.6 Å². The van der Waals surface area contributed by atoms with Gasteiger partial charge in [0.05, 0.1) is 5.56 Å². The monoisotopic (exact) mass is 279 g/mol. The third-order valence-electron chi connectivity index (χ3n) is 3.97. The number of aryl methyl sites for hydroxylation is 1. The predicted octanol–water partition coefficient (Wildman–Crippen LogP) is 1.88. The van der Waals surface area contributed by atoms with E-state index in [4.69, 9.17) is 5.73 Å². The Morgan fingerprint density at radius 1 is 1.50 bits per heavy atom. The largest absolute Gasteiger partial charge is 0.399 e. The number of carbonyl (C=O) groups excluding carboxylic acids is 1. The van der Waals surface area contributed by atoms with Crippen LogP contribution in [0.25, 0.3) is 0 Å². The van der Waals surface area contributed by atoms with E-state index in [-0.39, 0.29) is 17.5 Å². The smallest absolute Gasteiger partial charge is 0.256 e. The van der Waals surface area contributed by atoms with Crippen LogP contribution in [-0.4, -0.2) is 48.9 Å². The minimum Gasteiger partial charge on any atom is -0.399 e. The van der Waals surface area contributed by atoms with E-state index in [0.29, 0.717) is 11.3 Å². The van der Waals surface area contributed by atoms with Gasteiger partial charge in [-0.2, -0.15) is 0 Å². The Labute approximate surface area is 119 Å². The number of nitrogens with zero attached hydrogens (tertiary/aromatic N) is 2. The van der Waals surface area contributed by atoms with Crippen LogP contribution < -0.4 is 5.73 Å². The maximum absolute atomic E-state index is 14.1. The summed E-state index contributed by atoms with van der Waals surface area (Å²) in [5.74, 6) is -0.765. The molecule has 1 aromatic rings. The fourth-order valence-electron chi connectivity index (χ4n) is 2.76. The van der Waals surface area contributed by atoms with Gasteiger partial charge in [-0.15, -0.1) is 0 Å². The van der Waals surface area contributed by atoms with E-state index in [0.717, 1.165) is 25.9 Å². The minimum absolute atomic E-state index is 0.0678. The number of nitrogens with two attached hydrogens (primary N) is 1. The third-order valence-corrected chi connectivity index (χ3v) is 3.97. The van der Waals surface area contributed by atoms with E-state index in [1.54, 1.807) is 24.9 Å². The van der Waals surface area contributed by atoms with Gasteiger partial charge in [0.15, 0.2) is 0 Å². The molecular formula is C15H22FN3O. The number of amides is 1. The van der Waals surface area contributed by atoms with Crippen molar-refractivity contribution in [2.24, 2.45) is 0 Å². The molecule has 1 fully saturated rings. The summed E-state index contributed by atoms with van der Waals surface area (Å²) in [7, 11) is 3.78. The van der Waals surface area contributed by atoms with E-state index in [1.807, 2.05) is 7.05 Å². The first-order chi connectivity index (χ1) is 9.40. The van der Waals surface area contributed by atoms with E-state index in [2.05, 4.69) is 4.90 Å². The highest BCUT2D eigenvalue weighted by atomic mass is 19.1. The predicted molar refractivity (Wildman–Crippen MR) is 78.2 cm³/mol. The lowest BCUT2D eigenvalue weighted by atomic mass is 10.0. The van der Waals surface area contributed by atoms with Crippen molar-refractivity contribution in [1.29, 1.82) is 0 Å². The Morgan fingerprint density at radius 3 is 2.85 bits per heavy atom. The summed E-state index contributed by atoms with van der Waals surface area (Å²) in [5.41, 5.74) is 6.61. The first kappa shape index (κ1) is 14.8. The molecule has 0 aliphatic carbocycles. The fourth-order valence-corrected chi connectivity index (χ4v) is 2.76. The number of likely N-dealkylation sites (tertiary alicyclic amines) is 1. The van der Waals surface area contributed by atoms with Crippen molar-refractivity contribution in [2.45, 2.75) is 25.8 Å². The average molecular weight is 279 g/mol. The van der Waals surface area contributed by atoms with Gasteiger partial charge >= 0.3 is 0 Å². The van der Waals surface area contributed by atoms with E-state index in [9.17, 15) is 9.18 Å². The number of nitrogen functional groups attached to an aromatic ring is 1. The first-order valence-electron chi connectivity index (χ1n) is 6.91. The van der Waals surface area contributed by atoms with Gasteiger partial charge in [-0.25, -0.2) is 4.39 Å². The summed E-state index contributed by atoms with van der Waals surface area (Å²) in [6.45, 7) is 3.49. The van der Waals surface area contributed by atoms with Gasteiger partial charge in [0.1, 0.15) is 5.82 Å². The summed E-state index contributed by atoms with van der Waals surface area (Å²) in [4.78, 5) is 16.3. The van der Waals surface area contributed by atoms with Crippen molar-refractivity contribution in [3.63, 3.8) is 0 Å². The quantitative estimate of drug-likeness (QED) is 0.841. The Kier molecular flexibility index (Phi) is 4.28. The standard InChI is InChI=1S/C15H22FN3O/c1-10-7-11(17)8-13(14(10)16)15(20)19(3)12-5-4-6-18(2)9-12/h7-8,12H,4-6,9,17H2,1-3H3. The summed E-state index contributed by atoms with van der Waals surface area (Å²) in [5, 5.41) is 0. The van der Waals surface area contributed by atoms with Crippen molar-refractivity contribution in [2.75, 3.05) is 32.9 Å². The van der Waals surface area contributed by atoms with Gasteiger partial charge in [-0.05, 0) is 51.1 Å². The molecule has 0 spiro atoms. The molecule has 110 valence electrons. The van der Waals surface area contributed by atoms with E-state index < -0.39 is 5.82 Å². The molecule has 2 N–H and O–H groups in total. The molecule has 0 bridgehead atoms. The second-order valence-corrected chi connectivity index (χ2v) is 5.67. The third kappa shape index (κ3) is 2.93. The Morgan fingerprint density at radius 2 is 2.20 bits per heavy atom. The molecule has 1 amide bonds. The topological polar surface area (TPSA) is 49.6 Å². The summed E-state index contributed by atoms with van der Waals surface area (Å²) >= 11 is 0. The molecular weight excluding hydrogens is 257 g/mol. The molecule has 1 aromatic carbocycles. The highest BCUT2D eigenvalue weighted by Gasteiger charge is 2.27. The summed E-state index contributed by atoms with van der Waals surface area (Å²) in [6, 6.07) is 3.09. The molecule has 1 atom stereocenters. The number of anilines is 1. The number of likely N-dealkylation sites (N-methyl/N-ethyl adjacent to an activating group) is 2. The van der Waals surface area contributed by atoms with Crippen molar-refractivity contribution in [3.05, 3.63) is 29.1 Å². The van der Waals surface area contributed by atoms with Crippen LogP contribution in [0.1, 0.15) is 28.8 Å². The zero-order chi connectivity index (χ0) is 14.9. The van der Waals surface area contributed by atoms with Crippen LogP contribution in [0, 0.1) is 12.7 Å². The van der Waals surface area contributed by atoms with Crippen LogP contribution in [-0.2, 0) is 0 Å². The molecule has 1 saturated heterocycles. The molecule has 5 heteroatoms. The number of halogens is 1. The lowest BCUT2D eigenvalue weighted by molar-refractivity contribution is 0.0639. The van der Waals surface area contributed by atoms with Crippen LogP contribution in [0.15, 0.2) is 12.1 Å². The number of hydrogen-bond donors (Lipinski definition) is 1. The molecule has 20 heavy (non-hydrogen) atoms. The van der Waals surface area contributed by atoms with Crippen molar-refractivity contribution in [3.8, 4) is 0 Å². The SMILES string of the molecule is Cc1cc(N)cc(C(=O)N(C)C2CCCN(C)C2)c1F. The Balaban J connectivity index is 2.22. The number of carbonyl (C=O) groups is 1. The van der Waals surface area contributed by atoms with Crippen molar-refractivity contribution in [1.82, 2.24) is 9.80 Å². The Hall–Kier alpha value is -1.62. The van der Waals surface area contributed by atoms with Gasteiger partial charge in [-0.1, -0.05) is 0 Å². The average Bonchev–Trinajstić information content (AvgIpc) is 2.41. The molecule has 0 aromatic heterocycles. The summed E-state index contributed by atoms with van der Waals surface area (Å²) < 4.78 is 14.1. The lowest BCUT2D eigenvalue weighted by Crippen LogP contribution is -2.47.